The van der Waals surface area contributed by atoms with Gasteiger partial charge in [0.25, 0.3) is 0 Å². The van der Waals surface area contributed by atoms with E-state index in [4.69, 9.17) is 4.74 Å². The largest absolute Gasteiger partial charge is 0.467 e. The molecule has 0 aliphatic carbocycles. The molecule has 0 aliphatic heterocycles. The van der Waals surface area contributed by atoms with E-state index in [0.717, 1.165) is 0 Å². The lowest BCUT2D eigenvalue weighted by Gasteiger charge is -2.22. The predicted octanol–water partition coefficient (Wildman–Crippen LogP) is 2.66. The molecule has 1 unspecified atom stereocenters. The molecule has 1 amide bonds. The molecular formula is C13H25NO4. The highest BCUT2D eigenvalue weighted by Gasteiger charge is 2.23. The van der Waals surface area contributed by atoms with Crippen molar-refractivity contribution in [2.75, 3.05) is 7.11 Å². The van der Waals surface area contributed by atoms with Gasteiger partial charge in [0.2, 0.25) is 0 Å². The summed E-state index contributed by atoms with van der Waals surface area (Å²) in [6.45, 7) is 12.7. The van der Waals surface area contributed by atoms with Gasteiger partial charge < -0.3 is 14.8 Å². The van der Waals surface area contributed by atoms with Gasteiger partial charge in [-0.3, -0.25) is 0 Å². The summed E-state index contributed by atoms with van der Waals surface area (Å²) in [5.74, 6) is -0.522. The maximum atomic E-state index is 11.4. The molecule has 0 spiro atoms. The minimum absolute atomic E-state index is 0.298. The molecule has 106 valence electrons. The summed E-state index contributed by atoms with van der Waals surface area (Å²) >= 11 is 0. The highest BCUT2D eigenvalue weighted by atomic mass is 16.6. The van der Waals surface area contributed by atoms with Gasteiger partial charge in [-0.25, -0.2) is 9.59 Å². The van der Waals surface area contributed by atoms with Gasteiger partial charge in [-0.2, -0.15) is 0 Å². The Labute approximate surface area is 110 Å². The third kappa shape index (κ3) is 9.69. The third-order valence-corrected chi connectivity index (χ3v) is 1.58. The molecule has 0 bridgehead atoms. The number of hydrogen-bond donors (Lipinski definition) is 1. The van der Waals surface area contributed by atoms with Crippen LogP contribution in [-0.2, 0) is 14.3 Å². The molecule has 18 heavy (non-hydrogen) atoms. The monoisotopic (exact) mass is 259 g/mol. The van der Waals surface area contributed by atoms with Crippen molar-refractivity contribution < 1.29 is 19.1 Å². The lowest BCUT2D eigenvalue weighted by molar-refractivity contribution is -0.143. The van der Waals surface area contributed by atoms with Crippen LogP contribution in [0.4, 0.5) is 4.79 Å². The van der Waals surface area contributed by atoms with Crippen LogP contribution in [-0.4, -0.2) is 30.8 Å². The molecule has 0 fully saturated rings. The van der Waals surface area contributed by atoms with Crippen LogP contribution in [0.2, 0.25) is 0 Å². The Balaban J connectivity index is 0. The number of alkyl carbamates (subject to hydrolysis) is 1. The Morgan fingerprint density at radius 1 is 1.33 bits per heavy atom. The van der Waals surface area contributed by atoms with Gasteiger partial charge in [-0.1, -0.05) is 19.9 Å². The van der Waals surface area contributed by atoms with E-state index in [1.807, 2.05) is 13.8 Å². The normalized spacial score (nSPS) is 11.4. The second kappa shape index (κ2) is 9.50. The zero-order valence-electron chi connectivity index (χ0n) is 12.2. The molecule has 5 heteroatoms. The van der Waals surface area contributed by atoms with Gasteiger partial charge in [-0.15, -0.1) is 6.58 Å². The van der Waals surface area contributed by atoms with Crippen molar-refractivity contribution in [3.8, 4) is 0 Å². The maximum Gasteiger partial charge on any atom is 0.408 e. The number of hydrogen-bond acceptors (Lipinski definition) is 4. The number of carbonyl (C=O) groups excluding carboxylic acids is 2. The minimum atomic E-state index is -0.752. The highest BCUT2D eigenvalue weighted by molar-refractivity contribution is 5.81. The summed E-state index contributed by atoms with van der Waals surface area (Å²) in [5, 5.41) is 2.42. The van der Waals surface area contributed by atoms with Crippen LogP contribution in [0, 0.1) is 0 Å². The van der Waals surface area contributed by atoms with Crippen LogP contribution in [0.15, 0.2) is 12.7 Å². The summed E-state index contributed by atoms with van der Waals surface area (Å²) in [4.78, 5) is 22.7. The van der Waals surface area contributed by atoms with Crippen molar-refractivity contribution in [1.82, 2.24) is 5.32 Å². The Morgan fingerprint density at radius 3 is 2.17 bits per heavy atom. The average molecular weight is 259 g/mol. The van der Waals surface area contributed by atoms with E-state index in [9.17, 15) is 9.59 Å². The molecule has 0 radical (unpaired) electrons. The van der Waals surface area contributed by atoms with Gasteiger partial charge in [0.05, 0.1) is 7.11 Å². The number of rotatable bonds is 4. The fourth-order valence-corrected chi connectivity index (χ4v) is 0.973. The Morgan fingerprint density at radius 2 is 1.83 bits per heavy atom. The first-order valence-corrected chi connectivity index (χ1v) is 5.98. The van der Waals surface area contributed by atoms with Crippen LogP contribution >= 0.6 is 0 Å². The Kier molecular flexibility index (Phi) is 9.94. The summed E-state index contributed by atoms with van der Waals surface area (Å²) in [6.07, 6.45) is 1.18. The smallest absolute Gasteiger partial charge is 0.408 e. The number of ether oxygens (including phenoxy) is 2. The third-order valence-electron chi connectivity index (χ3n) is 1.58. The minimum Gasteiger partial charge on any atom is -0.467 e. The Hall–Kier alpha value is -1.52. The summed E-state index contributed by atoms with van der Waals surface area (Å²) < 4.78 is 9.56. The van der Waals surface area contributed by atoms with E-state index >= 15 is 0 Å². The average Bonchev–Trinajstić information content (AvgIpc) is 2.27. The molecule has 0 aromatic carbocycles. The highest BCUT2D eigenvalue weighted by Crippen LogP contribution is 2.07. The molecule has 5 nitrogen and oxygen atoms in total. The Bertz CT molecular complexity index is 269. The standard InChI is InChI=1S/C11H19NO4.C2H6/c1-6-7-8(9(13)15-5)12-10(14)16-11(2,3)4;1-2/h6,8H,1,7H2,2-5H3,(H,12,14);1-2H3. The van der Waals surface area contributed by atoms with E-state index in [1.165, 1.54) is 13.2 Å². The molecule has 0 aliphatic rings. The molecule has 0 saturated carbocycles. The first kappa shape index (κ1) is 18.8. The van der Waals surface area contributed by atoms with Crippen LogP contribution in [0.5, 0.6) is 0 Å². The summed E-state index contributed by atoms with van der Waals surface area (Å²) in [6, 6.07) is -0.752. The lowest BCUT2D eigenvalue weighted by atomic mass is 10.2. The van der Waals surface area contributed by atoms with E-state index in [-0.39, 0.29) is 0 Å². The van der Waals surface area contributed by atoms with Gasteiger partial charge in [0.1, 0.15) is 11.6 Å². The van der Waals surface area contributed by atoms with Crippen LogP contribution < -0.4 is 5.32 Å². The molecule has 0 aromatic heterocycles. The van der Waals surface area contributed by atoms with Crippen molar-refractivity contribution >= 4 is 12.1 Å². The molecule has 0 heterocycles. The van der Waals surface area contributed by atoms with Gasteiger partial charge in [0, 0.05) is 0 Å². The number of methoxy groups -OCH3 is 1. The van der Waals surface area contributed by atoms with Gasteiger partial charge >= 0.3 is 12.1 Å². The van der Waals surface area contributed by atoms with Crippen molar-refractivity contribution in [3.05, 3.63) is 12.7 Å². The summed E-state index contributed by atoms with van der Waals surface area (Å²) in [5.41, 5.74) is -0.598. The van der Waals surface area contributed by atoms with Crippen LogP contribution in [0.1, 0.15) is 41.0 Å². The topological polar surface area (TPSA) is 64.6 Å². The SMILES string of the molecule is C=CCC(NC(=O)OC(C)(C)C)C(=O)OC.CC. The van der Waals surface area contributed by atoms with Crippen molar-refractivity contribution in [1.29, 1.82) is 0 Å². The second-order valence-corrected chi connectivity index (χ2v) is 4.25. The van der Waals surface area contributed by atoms with E-state index in [2.05, 4.69) is 16.6 Å². The number of nitrogens with one attached hydrogen (secondary N) is 1. The van der Waals surface area contributed by atoms with Crippen molar-refractivity contribution in [2.45, 2.75) is 52.7 Å². The van der Waals surface area contributed by atoms with Crippen molar-refractivity contribution in [2.24, 2.45) is 0 Å². The first-order valence-electron chi connectivity index (χ1n) is 5.98. The van der Waals surface area contributed by atoms with E-state index in [0.29, 0.717) is 6.42 Å². The second-order valence-electron chi connectivity index (χ2n) is 4.25. The zero-order valence-corrected chi connectivity index (χ0v) is 12.2. The van der Waals surface area contributed by atoms with Gasteiger partial charge in [0.15, 0.2) is 0 Å². The van der Waals surface area contributed by atoms with E-state index < -0.39 is 23.7 Å². The van der Waals surface area contributed by atoms with Crippen LogP contribution in [0.3, 0.4) is 0 Å². The molecular weight excluding hydrogens is 234 g/mol. The number of esters is 1. The fraction of sp³-hybridized carbons (Fsp3) is 0.692. The lowest BCUT2D eigenvalue weighted by Crippen LogP contribution is -2.43. The number of carbonyl (C=O) groups is 2. The fourth-order valence-electron chi connectivity index (χ4n) is 0.973. The van der Waals surface area contributed by atoms with Crippen molar-refractivity contribution in [3.63, 3.8) is 0 Å². The molecule has 1 N–H and O–H groups in total. The molecule has 1 atom stereocenters. The quantitative estimate of drug-likeness (QED) is 0.622. The first-order chi connectivity index (χ1) is 8.30. The van der Waals surface area contributed by atoms with Crippen LogP contribution in [0.25, 0.3) is 0 Å². The van der Waals surface area contributed by atoms with E-state index in [1.54, 1.807) is 20.8 Å². The molecule has 0 aromatic rings. The zero-order chi connectivity index (χ0) is 14.8. The molecule has 0 saturated heterocycles. The summed E-state index contributed by atoms with van der Waals surface area (Å²) in [7, 11) is 1.26. The van der Waals surface area contributed by atoms with Gasteiger partial charge in [-0.05, 0) is 27.2 Å². The maximum absolute atomic E-state index is 11.4. The number of amides is 1. The molecule has 0 rings (SSSR count). The predicted molar refractivity (Wildman–Crippen MR) is 71.3 cm³/mol.